The molecule has 2 aliphatic carbocycles. The first-order chi connectivity index (χ1) is 13.6. The first-order valence-corrected chi connectivity index (χ1v) is 10.6. The number of hydrogen-bond donors (Lipinski definition) is 2. The summed E-state index contributed by atoms with van der Waals surface area (Å²) in [7, 11) is 1.59. The van der Waals surface area contributed by atoms with Crippen molar-refractivity contribution in [2.45, 2.75) is 50.7 Å². The van der Waals surface area contributed by atoms with Gasteiger partial charge in [0.1, 0.15) is 11.8 Å². The summed E-state index contributed by atoms with van der Waals surface area (Å²) >= 11 is 0. The van der Waals surface area contributed by atoms with Crippen LogP contribution in [0.3, 0.4) is 0 Å². The number of aliphatic hydroxyl groups excluding tert-OH is 2. The summed E-state index contributed by atoms with van der Waals surface area (Å²) in [4.78, 5) is 4.25. The zero-order valence-corrected chi connectivity index (χ0v) is 16.4. The molecule has 0 amide bonds. The van der Waals surface area contributed by atoms with Crippen molar-refractivity contribution in [3.63, 3.8) is 0 Å². The van der Waals surface area contributed by atoms with E-state index >= 15 is 4.39 Å². The molecule has 5 rings (SSSR count). The number of hydrogen-bond acceptors (Lipinski definition) is 5. The largest absolute Gasteiger partial charge is 0.492 e. The molecular formula is C22H29FN2O3. The van der Waals surface area contributed by atoms with E-state index in [1.807, 2.05) is 6.20 Å². The van der Waals surface area contributed by atoms with E-state index in [4.69, 9.17) is 4.74 Å². The monoisotopic (exact) mass is 388 g/mol. The maximum Gasteiger partial charge on any atom is 0.169 e. The van der Waals surface area contributed by atoms with E-state index in [1.165, 1.54) is 31.7 Å². The zero-order valence-electron chi connectivity index (χ0n) is 16.4. The number of aliphatic hydroxyl groups is 2. The molecule has 1 saturated heterocycles. The summed E-state index contributed by atoms with van der Waals surface area (Å²) < 4.78 is 21.2. The lowest BCUT2D eigenvalue weighted by molar-refractivity contribution is 0.187. The molecule has 152 valence electrons. The first-order valence-electron chi connectivity index (χ1n) is 10.6. The van der Waals surface area contributed by atoms with Gasteiger partial charge in [-0.25, -0.2) is 4.39 Å². The lowest BCUT2D eigenvalue weighted by atomic mass is 9.82. The van der Waals surface area contributed by atoms with E-state index in [-0.39, 0.29) is 12.4 Å². The molecular weight excluding hydrogens is 359 g/mol. The highest BCUT2D eigenvalue weighted by Gasteiger charge is 2.41. The van der Waals surface area contributed by atoms with Crippen molar-refractivity contribution in [2.75, 3.05) is 36.6 Å². The van der Waals surface area contributed by atoms with Crippen LogP contribution in [0.1, 0.15) is 50.2 Å². The van der Waals surface area contributed by atoms with E-state index in [0.717, 1.165) is 31.6 Å². The number of methoxy groups -OCH3 is 1. The molecule has 28 heavy (non-hydrogen) atoms. The molecule has 0 aromatic heterocycles. The Labute approximate surface area is 165 Å². The van der Waals surface area contributed by atoms with Crippen molar-refractivity contribution in [1.29, 1.82) is 0 Å². The number of ether oxygens (including phenoxy) is 1. The second kappa shape index (κ2) is 6.92. The second-order valence-corrected chi connectivity index (χ2v) is 8.79. The molecule has 0 radical (unpaired) electrons. The summed E-state index contributed by atoms with van der Waals surface area (Å²) in [6, 6.07) is 1.78. The van der Waals surface area contributed by atoms with Gasteiger partial charge in [-0.15, -0.1) is 0 Å². The number of fused-ring (bicyclic) bond motifs is 2. The summed E-state index contributed by atoms with van der Waals surface area (Å²) in [5.74, 6) is 1.45. The Bertz CT molecular complexity index is 793. The highest BCUT2D eigenvalue weighted by molar-refractivity contribution is 5.80. The molecule has 2 saturated carbocycles. The Balaban J connectivity index is 1.60. The van der Waals surface area contributed by atoms with Crippen LogP contribution >= 0.6 is 0 Å². The van der Waals surface area contributed by atoms with Crippen molar-refractivity contribution < 1.29 is 19.3 Å². The molecule has 2 heterocycles. The van der Waals surface area contributed by atoms with Gasteiger partial charge in [0.15, 0.2) is 11.6 Å². The van der Waals surface area contributed by atoms with Gasteiger partial charge in [-0.1, -0.05) is 12.8 Å². The molecule has 6 heteroatoms. The number of nitrogens with zero attached hydrogens (tertiary/aromatic N) is 2. The van der Waals surface area contributed by atoms with Gasteiger partial charge in [-0.2, -0.15) is 0 Å². The molecule has 1 unspecified atom stereocenters. The maximum atomic E-state index is 15.4. The minimum atomic E-state index is -1.01. The minimum Gasteiger partial charge on any atom is -0.492 e. The van der Waals surface area contributed by atoms with E-state index in [1.54, 1.807) is 7.11 Å². The fourth-order valence-corrected chi connectivity index (χ4v) is 5.46. The molecule has 0 spiro atoms. The van der Waals surface area contributed by atoms with Crippen LogP contribution in [0, 0.1) is 17.7 Å². The average Bonchev–Trinajstić information content (AvgIpc) is 3.46. The van der Waals surface area contributed by atoms with Crippen LogP contribution in [-0.2, 0) is 0 Å². The van der Waals surface area contributed by atoms with E-state index in [9.17, 15) is 10.2 Å². The topological polar surface area (TPSA) is 56.2 Å². The van der Waals surface area contributed by atoms with Crippen LogP contribution in [0.5, 0.6) is 5.75 Å². The molecule has 3 fully saturated rings. The number of rotatable bonds is 4. The number of benzene rings is 1. The van der Waals surface area contributed by atoms with E-state index in [0.29, 0.717) is 40.5 Å². The third-order valence-corrected chi connectivity index (χ3v) is 7.04. The first kappa shape index (κ1) is 18.3. The predicted octanol–water partition coefficient (Wildman–Crippen LogP) is 3.35. The zero-order chi connectivity index (χ0) is 19.4. The Morgan fingerprint density at radius 3 is 2.36 bits per heavy atom. The van der Waals surface area contributed by atoms with Crippen molar-refractivity contribution in [3.05, 3.63) is 29.2 Å². The smallest absolute Gasteiger partial charge is 0.169 e. The second-order valence-electron chi connectivity index (χ2n) is 8.79. The maximum absolute atomic E-state index is 15.4. The van der Waals surface area contributed by atoms with Gasteiger partial charge in [0.25, 0.3) is 0 Å². The lowest BCUT2D eigenvalue weighted by Crippen LogP contribution is -2.30. The molecule has 2 aliphatic heterocycles. The highest BCUT2D eigenvalue weighted by Crippen LogP contribution is 2.52. The third kappa shape index (κ3) is 2.80. The van der Waals surface area contributed by atoms with E-state index in [2.05, 4.69) is 9.80 Å². The summed E-state index contributed by atoms with van der Waals surface area (Å²) in [6.45, 7) is 1.51. The van der Waals surface area contributed by atoms with E-state index < -0.39 is 6.10 Å². The minimum absolute atomic E-state index is 0.245. The van der Waals surface area contributed by atoms with Crippen LogP contribution in [-0.4, -0.2) is 43.1 Å². The van der Waals surface area contributed by atoms with Crippen LogP contribution in [0.4, 0.5) is 15.8 Å². The van der Waals surface area contributed by atoms with Gasteiger partial charge in [0.2, 0.25) is 0 Å². The Morgan fingerprint density at radius 1 is 1.11 bits per heavy atom. The number of halogens is 1. The predicted molar refractivity (Wildman–Crippen MR) is 106 cm³/mol. The average molecular weight is 388 g/mol. The molecule has 4 aliphatic rings. The van der Waals surface area contributed by atoms with Crippen molar-refractivity contribution in [2.24, 2.45) is 11.8 Å². The fourth-order valence-electron chi connectivity index (χ4n) is 5.46. The quantitative estimate of drug-likeness (QED) is 0.829. The molecule has 1 aromatic rings. The normalized spacial score (nSPS) is 29.4. The van der Waals surface area contributed by atoms with Gasteiger partial charge >= 0.3 is 0 Å². The van der Waals surface area contributed by atoms with Gasteiger partial charge < -0.3 is 24.7 Å². The third-order valence-electron chi connectivity index (χ3n) is 7.04. The summed E-state index contributed by atoms with van der Waals surface area (Å²) in [5, 5.41) is 20.4. The Kier molecular flexibility index (Phi) is 4.51. The highest BCUT2D eigenvalue weighted by atomic mass is 19.1. The Morgan fingerprint density at radius 2 is 1.79 bits per heavy atom. The molecule has 1 aromatic carbocycles. The van der Waals surface area contributed by atoms with Crippen LogP contribution in [0.15, 0.2) is 17.8 Å². The van der Waals surface area contributed by atoms with Crippen molar-refractivity contribution in [3.8, 4) is 5.75 Å². The van der Waals surface area contributed by atoms with Crippen molar-refractivity contribution >= 4 is 11.4 Å². The Hall–Kier alpha value is -1.79. The SMILES string of the molecule is COc1c(N2C[C@H]3CCCC[C@H]3C2)c(F)cc2c1N(C1CC1)C=C(CO)C2O. The van der Waals surface area contributed by atoms with Crippen LogP contribution < -0.4 is 14.5 Å². The summed E-state index contributed by atoms with van der Waals surface area (Å²) in [5.41, 5.74) is 2.30. The van der Waals surface area contributed by atoms with Gasteiger partial charge in [0, 0.05) is 36.5 Å². The van der Waals surface area contributed by atoms with Crippen molar-refractivity contribution in [1.82, 2.24) is 0 Å². The molecule has 3 atom stereocenters. The lowest BCUT2D eigenvalue weighted by Gasteiger charge is -2.35. The van der Waals surface area contributed by atoms with Crippen LogP contribution in [0.2, 0.25) is 0 Å². The molecule has 2 N–H and O–H groups in total. The molecule has 0 bridgehead atoms. The fraction of sp³-hybridized carbons (Fsp3) is 0.636. The van der Waals surface area contributed by atoms with Crippen LogP contribution in [0.25, 0.3) is 0 Å². The van der Waals surface area contributed by atoms with Gasteiger partial charge in [-0.3, -0.25) is 0 Å². The number of anilines is 2. The van der Waals surface area contributed by atoms with Gasteiger partial charge in [0.05, 0.1) is 19.4 Å². The standard InChI is InChI=1S/C22H29FN2O3/c1-28-22-19-17(21(27)15(12-26)11-25(19)16-6-7-16)8-18(23)20(22)24-9-13-4-2-3-5-14(13)10-24/h8,11,13-14,16,21,26-27H,2-7,9-10,12H2,1H3/t13-,14+,21?. The molecule has 5 nitrogen and oxygen atoms in total. The summed E-state index contributed by atoms with van der Waals surface area (Å²) in [6.07, 6.45) is 7.93. The van der Waals surface area contributed by atoms with Gasteiger partial charge in [-0.05, 0) is 43.6 Å².